The number of hydrogen-bond acceptors (Lipinski definition) is 1. The molecule has 0 spiro atoms. The van der Waals surface area contributed by atoms with Gasteiger partial charge in [0.2, 0.25) is 0 Å². The fourth-order valence-electron chi connectivity index (χ4n) is 4.71. The molecule has 0 aliphatic heterocycles. The zero-order valence-electron chi connectivity index (χ0n) is 13.8. The second-order valence-electron chi connectivity index (χ2n) is 6.91. The van der Waals surface area contributed by atoms with Gasteiger partial charge in [0.05, 0.1) is 27.6 Å². The first-order valence-electron chi connectivity index (χ1n) is 8.84. The molecule has 120 valence electrons. The number of rotatable bonds is 0. The van der Waals surface area contributed by atoms with Gasteiger partial charge >= 0.3 is 0 Å². The molecule has 26 heavy (non-hydrogen) atoms. The first kappa shape index (κ1) is 12.7. The SMILES string of the molecule is c1ccc2c(c1)c1ccnc3c1n2c1cccc2c4ccccc4n3c21. The lowest BCUT2D eigenvalue weighted by Gasteiger charge is -2.10. The standard InChI is InChI=1S/C23H13N3/c1-3-9-18-15(7-1)17-12-13-24-23-22(17)25(18)20-11-5-8-16-14-6-2-4-10-19(14)26(23)21(16)20/h1-13H. The van der Waals surface area contributed by atoms with Crippen molar-refractivity contribution in [2.45, 2.75) is 0 Å². The summed E-state index contributed by atoms with van der Waals surface area (Å²) in [5, 5.41) is 5.09. The van der Waals surface area contributed by atoms with E-state index in [9.17, 15) is 0 Å². The Morgan fingerprint density at radius 2 is 1.12 bits per heavy atom. The van der Waals surface area contributed by atoms with E-state index in [1.807, 2.05) is 6.20 Å². The highest BCUT2D eigenvalue weighted by atomic mass is 15.1. The van der Waals surface area contributed by atoms with E-state index in [0.29, 0.717) is 0 Å². The predicted octanol–water partition coefficient (Wildman–Crippen LogP) is 5.64. The minimum Gasteiger partial charge on any atom is -0.304 e. The topological polar surface area (TPSA) is 21.7 Å². The van der Waals surface area contributed by atoms with Crippen LogP contribution in [0.2, 0.25) is 0 Å². The van der Waals surface area contributed by atoms with Gasteiger partial charge in [0.15, 0.2) is 5.65 Å². The maximum absolute atomic E-state index is 4.82. The first-order valence-corrected chi connectivity index (χ1v) is 8.84. The molecule has 3 heteroatoms. The number of aromatic nitrogens is 3. The van der Waals surface area contributed by atoms with Crippen molar-refractivity contribution < 1.29 is 0 Å². The Balaban J connectivity index is 2.02. The Bertz CT molecular complexity index is 1510. The Morgan fingerprint density at radius 3 is 1.92 bits per heavy atom. The van der Waals surface area contributed by atoms with Gasteiger partial charge in [0, 0.05) is 27.7 Å². The van der Waals surface area contributed by atoms with Gasteiger partial charge in [-0.05, 0) is 24.3 Å². The van der Waals surface area contributed by atoms with Gasteiger partial charge in [-0.3, -0.25) is 4.40 Å². The summed E-state index contributed by atoms with van der Waals surface area (Å²) in [6, 6.07) is 26.0. The third-order valence-electron chi connectivity index (χ3n) is 5.69. The molecule has 4 aromatic heterocycles. The predicted molar refractivity (Wildman–Crippen MR) is 107 cm³/mol. The lowest BCUT2D eigenvalue weighted by atomic mass is 10.1. The lowest BCUT2D eigenvalue weighted by molar-refractivity contribution is 1.20. The summed E-state index contributed by atoms with van der Waals surface area (Å²) >= 11 is 0. The van der Waals surface area contributed by atoms with Crippen molar-refractivity contribution in [3.8, 4) is 0 Å². The monoisotopic (exact) mass is 331 g/mol. The second kappa shape index (κ2) is 4.14. The van der Waals surface area contributed by atoms with E-state index >= 15 is 0 Å². The Labute approximate surface area is 148 Å². The van der Waals surface area contributed by atoms with Crippen LogP contribution in [0.4, 0.5) is 0 Å². The van der Waals surface area contributed by atoms with Gasteiger partial charge in [0.1, 0.15) is 0 Å². The van der Waals surface area contributed by atoms with Crippen LogP contribution >= 0.6 is 0 Å². The minimum absolute atomic E-state index is 1.02. The molecule has 0 atom stereocenters. The number of para-hydroxylation sites is 3. The van der Waals surface area contributed by atoms with Gasteiger partial charge in [0.25, 0.3) is 0 Å². The fourth-order valence-corrected chi connectivity index (χ4v) is 4.71. The van der Waals surface area contributed by atoms with Gasteiger partial charge in [-0.2, -0.15) is 0 Å². The summed E-state index contributed by atoms with van der Waals surface area (Å²) in [6.07, 6.45) is 1.93. The molecule has 0 amide bonds. The Kier molecular flexibility index (Phi) is 2.03. The molecule has 4 heterocycles. The summed E-state index contributed by atoms with van der Waals surface area (Å²) in [7, 11) is 0. The van der Waals surface area contributed by atoms with Crippen molar-refractivity contribution in [2.24, 2.45) is 0 Å². The summed E-state index contributed by atoms with van der Waals surface area (Å²) in [5.41, 5.74) is 7.12. The highest BCUT2D eigenvalue weighted by molar-refractivity contribution is 6.20. The van der Waals surface area contributed by atoms with Crippen molar-refractivity contribution in [3.05, 3.63) is 79.0 Å². The first-order chi connectivity index (χ1) is 12.9. The Morgan fingerprint density at radius 1 is 0.500 bits per heavy atom. The van der Waals surface area contributed by atoms with Crippen molar-refractivity contribution in [3.63, 3.8) is 0 Å². The smallest absolute Gasteiger partial charge is 0.162 e. The molecule has 3 aromatic carbocycles. The number of hydrogen-bond donors (Lipinski definition) is 0. The number of benzene rings is 3. The molecule has 0 bridgehead atoms. The molecule has 0 aliphatic carbocycles. The quantitative estimate of drug-likeness (QED) is 0.330. The molecule has 0 N–H and O–H groups in total. The summed E-state index contributed by atoms with van der Waals surface area (Å²) < 4.78 is 4.72. The largest absolute Gasteiger partial charge is 0.304 e. The maximum Gasteiger partial charge on any atom is 0.162 e. The normalized spacial score (nSPS) is 12.6. The average Bonchev–Trinajstić information content (AvgIpc) is 3.22. The molecule has 7 rings (SSSR count). The van der Waals surface area contributed by atoms with Crippen molar-refractivity contribution in [1.82, 2.24) is 13.8 Å². The number of fused-ring (bicyclic) bond motifs is 8. The van der Waals surface area contributed by atoms with Gasteiger partial charge in [-0.25, -0.2) is 4.98 Å². The van der Waals surface area contributed by atoms with E-state index in [4.69, 9.17) is 4.98 Å². The van der Waals surface area contributed by atoms with Crippen LogP contribution in [-0.2, 0) is 0 Å². The summed E-state index contributed by atoms with van der Waals surface area (Å²) in [5.74, 6) is 0. The van der Waals surface area contributed by atoms with E-state index in [1.165, 1.54) is 49.1 Å². The van der Waals surface area contributed by atoms with Crippen LogP contribution in [0.3, 0.4) is 0 Å². The number of nitrogens with zero attached hydrogens (tertiary/aromatic N) is 3. The third kappa shape index (κ3) is 1.25. The van der Waals surface area contributed by atoms with Crippen LogP contribution in [0, 0.1) is 0 Å². The zero-order valence-corrected chi connectivity index (χ0v) is 13.8. The fraction of sp³-hybridized carbons (Fsp3) is 0. The molecular formula is C23H13N3. The zero-order chi connectivity index (χ0) is 16.8. The van der Waals surface area contributed by atoms with Crippen LogP contribution in [0.25, 0.3) is 54.8 Å². The third-order valence-corrected chi connectivity index (χ3v) is 5.69. The molecule has 3 nitrogen and oxygen atoms in total. The molecule has 0 unspecified atom stereocenters. The molecule has 0 saturated carbocycles. The lowest BCUT2D eigenvalue weighted by Crippen LogP contribution is -1.98. The van der Waals surface area contributed by atoms with Crippen LogP contribution in [0.1, 0.15) is 0 Å². The van der Waals surface area contributed by atoms with Crippen LogP contribution in [0.5, 0.6) is 0 Å². The van der Waals surface area contributed by atoms with Crippen LogP contribution in [-0.4, -0.2) is 13.8 Å². The molecule has 0 fully saturated rings. The molecule has 7 aromatic rings. The van der Waals surface area contributed by atoms with E-state index in [1.54, 1.807) is 0 Å². The average molecular weight is 331 g/mol. The van der Waals surface area contributed by atoms with Gasteiger partial charge < -0.3 is 4.40 Å². The van der Waals surface area contributed by atoms with Crippen molar-refractivity contribution >= 4 is 54.8 Å². The molecule has 0 radical (unpaired) electrons. The minimum atomic E-state index is 1.02. The van der Waals surface area contributed by atoms with Crippen LogP contribution < -0.4 is 0 Å². The Hall–Kier alpha value is -3.59. The second-order valence-corrected chi connectivity index (χ2v) is 6.91. The summed E-state index contributed by atoms with van der Waals surface area (Å²) in [4.78, 5) is 4.82. The molecular weight excluding hydrogens is 318 g/mol. The highest BCUT2D eigenvalue weighted by Gasteiger charge is 2.20. The molecule has 0 aliphatic rings. The van der Waals surface area contributed by atoms with E-state index in [-0.39, 0.29) is 0 Å². The maximum atomic E-state index is 4.82. The van der Waals surface area contributed by atoms with E-state index in [0.717, 1.165) is 5.65 Å². The molecule has 0 saturated heterocycles. The number of pyridine rings is 1. The van der Waals surface area contributed by atoms with Crippen molar-refractivity contribution in [1.29, 1.82) is 0 Å². The van der Waals surface area contributed by atoms with Gasteiger partial charge in [-0.1, -0.05) is 48.5 Å². The van der Waals surface area contributed by atoms with Crippen LogP contribution in [0.15, 0.2) is 79.0 Å². The summed E-state index contributed by atoms with van der Waals surface area (Å²) in [6.45, 7) is 0. The van der Waals surface area contributed by atoms with E-state index < -0.39 is 0 Å². The van der Waals surface area contributed by atoms with Gasteiger partial charge in [-0.15, -0.1) is 0 Å². The van der Waals surface area contributed by atoms with E-state index in [2.05, 4.69) is 81.6 Å². The van der Waals surface area contributed by atoms with Crippen molar-refractivity contribution in [2.75, 3.05) is 0 Å². The highest BCUT2D eigenvalue weighted by Crippen LogP contribution is 2.39.